The third kappa shape index (κ3) is 4.16. The van der Waals surface area contributed by atoms with Gasteiger partial charge in [-0.2, -0.15) is 0 Å². The van der Waals surface area contributed by atoms with Crippen LogP contribution in [-0.2, 0) is 4.74 Å². The average molecular weight is 261 g/mol. The van der Waals surface area contributed by atoms with Crippen LogP contribution in [0.4, 0.5) is 0 Å². The molecule has 0 saturated carbocycles. The lowest BCUT2D eigenvalue weighted by atomic mass is 10.4. The number of methoxy groups -OCH3 is 1. The van der Waals surface area contributed by atoms with E-state index in [4.69, 9.17) is 4.74 Å². The van der Waals surface area contributed by atoms with Crippen molar-refractivity contribution in [3.05, 3.63) is 28.7 Å². The maximum Gasteiger partial charge on any atom is 0.0637 e. The molecule has 1 aromatic rings. The summed E-state index contributed by atoms with van der Waals surface area (Å²) >= 11 is 5.22. The molecule has 13 heavy (non-hydrogen) atoms. The van der Waals surface area contributed by atoms with Gasteiger partial charge >= 0.3 is 0 Å². The minimum absolute atomic E-state index is 0.314. The number of thioether (sulfide) groups is 1. The summed E-state index contributed by atoms with van der Waals surface area (Å²) in [7, 11) is 1.74. The maximum atomic E-state index is 5.17. The number of halogens is 1. The summed E-state index contributed by atoms with van der Waals surface area (Å²) in [4.78, 5) is 1.28. The van der Waals surface area contributed by atoms with Gasteiger partial charge in [-0.05, 0) is 31.2 Å². The Kier molecular flexibility index (Phi) is 4.84. The van der Waals surface area contributed by atoms with Crippen molar-refractivity contribution in [1.82, 2.24) is 0 Å². The number of hydrogen-bond acceptors (Lipinski definition) is 2. The van der Waals surface area contributed by atoms with Crippen molar-refractivity contribution in [2.24, 2.45) is 0 Å². The van der Waals surface area contributed by atoms with Crippen molar-refractivity contribution in [3.8, 4) is 0 Å². The highest BCUT2D eigenvalue weighted by Crippen LogP contribution is 2.21. The Bertz CT molecular complexity index is 248. The topological polar surface area (TPSA) is 9.23 Å². The molecule has 0 aliphatic carbocycles. The van der Waals surface area contributed by atoms with Crippen LogP contribution in [0, 0.1) is 0 Å². The van der Waals surface area contributed by atoms with Crippen LogP contribution in [-0.4, -0.2) is 19.0 Å². The Balaban J connectivity index is 2.41. The fourth-order valence-electron chi connectivity index (χ4n) is 0.812. The van der Waals surface area contributed by atoms with Gasteiger partial charge in [0.25, 0.3) is 0 Å². The number of rotatable bonds is 4. The van der Waals surface area contributed by atoms with Gasteiger partial charge in [-0.25, -0.2) is 0 Å². The minimum atomic E-state index is 0.314. The summed E-state index contributed by atoms with van der Waals surface area (Å²) in [6, 6.07) is 8.33. The van der Waals surface area contributed by atoms with Gasteiger partial charge in [0.05, 0.1) is 6.10 Å². The van der Waals surface area contributed by atoms with Gasteiger partial charge in [0.1, 0.15) is 0 Å². The van der Waals surface area contributed by atoms with Gasteiger partial charge < -0.3 is 4.74 Å². The second-order valence-electron chi connectivity index (χ2n) is 2.81. The van der Waals surface area contributed by atoms with Gasteiger partial charge in [-0.1, -0.05) is 15.9 Å². The average Bonchev–Trinajstić information content (AvgIpc) is 2.16. The molecule has 1 unspecified atom stereocenters. The first kappa shape index (κ1) is 11.1. The van der Waals surface area contributed by atoms with Crippen LogP contribution in [0.25, 0.3) is 0 Å². The van der Waals surface area contributed by atoms with Crippen LogP contribution >= 0.6 is 27.7 Å². The first-order valence-electron chi connectivity index (χ1n) is 4.13. The SMILES string of the molecule is COC(C)CSc1ccc(Br)cc1. The van der Waals surface area contributed by atoms with E-state index >= 15 is 0 Å². The molecule has 0 radical (unpaired) electrons. The highest BCUT2D eigenvalue weighted by molar-refractivity contribution is 9.10. The normalized spacial score (nSPS) is 12.8. The van der Waals surface area contributed by atoms with Gasteiger partial charge in [0.15, 0.2) is 0 Å². The first-order valence-corrected chi connectivity index (χ1v) is 5.91. The van der Waals surface area contributed by atoms with E-state index in [1.165, 1.54) is 4.90 Å². The Morgan fingerprint density at radius 1 is 1.38 bits per heavy atom. The molecule has 0 aromatic heterocycles. The quantitative estimate of drug-likeness (QED) is 0.766. The van der Waals surface area contributed by atoms with Crippen molar-refractivity contribution in [2.75, 3.05) is 12.9 Å². The van der Waals surface area contributed by atoms with Crippen LogP contribution in [0.5, 0.6) is 0 Å². The van der Waals surface area contributed by atoms with E-state index in [-0.39, 0.29) is 0 Å². The Hall–Kier alpha value is 0.01000. The second-order valence-corrected chi connectivity index (χ2v) is 4.82. The molecule has 1 aromatic carbocycles. The van der Waals surface area contributed by atoms with Crippen molar-refractivity contribution in [3.63, 3.8) is 0 Å². The summed E-state index contributed by atoms with van der Waals surface area (Å²) in [5.41, 5.74) is 0. The lowest BCUT2D eigenvalue weighted by molar-refractivity contribution is 0.138. The molecule has 0 N–H and O–H groups in total. The number of benzene rings is 1. The lowest BCUT2D eigenvalue weighted by Gasteiger charge is -2.08. The molecule has 0 saturated heterocycles. The Labute approximate surface area is 92.0 Å². The van der Waals surface area contributed by atoms with E-state index in [9.17, 15) is 0 Å². The predicted octanol–water partition coefficient (Wildman–Crippen LogP) is 3.58. The van der Waals surface area contributed by atoms with E-state index in [0.29, 0.717) is 6.10 Å². The zero-order valence-corrected chi connectivity index (χ0v) is 10.2. The summed E-state index contributed by atoms with van der Waals surface area (Å²) in [6.07, 6.45) is 0.314. The molecule has 3 heteroatoms. The third-order valence-corrected chi connectivity index (χ3v) is 3.47. The van der Waals surface area contributed by atoms with Crippen LogP contribution in [0.2, 0.25) is 0 Å². The van der Waals surface area contributed by atoms with Gasteiger partial charge in [-0.3, -0.25) is 0 Å². The molecule has 0 amide bonds. The fourth-order valence-corrected chi connectivity index (χ4v) is 1.97. The largest absolute Gasteiger partial charge is 0.381 e. The highest BCUT2D eigenvalue weighted by Gasteiger charge is 2.00. The molecule has 0 aliphatic rings. The third-order valence-electron chi connectivity index (χ3n) is 1.70. The zero-order chi connectivity index (χ0) is 9.68. The maximum absolute atomic E-state index is 5.17. The summed E-state index contributed by atoms with van der Waals surface area (Å²) < 4.78 is 6.29. The number of hydrogen-bond donors (Lipinski definition) is 0. The first-order chi connectivity index (χ1) is 6.22. The van der Waals surface area contributed by atoms with Gasteiger partial charge in [0, 0.05) is 22.2 Å². The molecule has 0 aliphatic heterocycles. The molecule has 0 bridgehead atoms. The van der Waals surface area contributed by atoms with Gasteiger partial charge in [0.2, 0.25) is 0 Å². The molecule has 1 atom stereocenters. The minimum Gasteiger partial charge on any atom is -0.381 e. The molecule has 0 spiro atoms. The van der Waals surface area contributed by atoms with Crippen LogP contribution in [0.1, 0.15) is 6.92 Å². The van der Waals surface area contributed by atoms with E-state index in [0.717, 1.165) is 10.2 Å². The standard InChI is InChI=1S/C10H13BrOS/c1-8(12-2)7-13-10-5-3-9(11)4-6-10/h3-6,8H,7H2,1-2H3. The zero-order valence-electron chi connectivity index (χ0n) is 7.79. The fraction of sp³-hybridized carbons (Fsp3) is 0.400. The molecule has 1 rings (SSSR count). The number of ether oxygens (including phenoxy) is 1. The van der Waals surface area contributed by atoms with E-state index in [1.807, 2.05) is 11.8 Å². The molecule has 1 nitrogen and oxygen atoms in total. The summed E-state index contributed by atoms with van der Waals surface area (Å²) in [6.45, 7) is 2.08. The van der Waals surface area contributed by atoms with Crippen molar-refractivity contribution in [1.29, 1.82) is 0 Å². The van der Waals surface area contributed by atoms with Crippen molar-refractivity contribution < 1.29 is 4.74 Å². The smallest absolute Gasteiger partial charge is 0.0637 e. The second kappa shape index (κ2) is 5.68. The van der Waals surface area contributed by atoms with Crippen LogP contribution in [0.3, 0.4) is 0 Å². The summed E-state index contributed by atoms with van der Waals surface area (Å²) in [5, 5.41) is 0. The lowest BCUT2D eigenvalue weighted by Crippen LogP contribution is -2.07. The van der Waals surface area contributed by atoms with E-state index < -0.39 is 0 Å². The monoisotopic (exact) mass is 260 g/mol. The van der Waals surface area contributed by atoms with Crippen LogP contribution < -0.4 is 0 Å². The molecule has 72 valence electrons. The molecule has 0 fully saturated rings. The molecular weight excluding hydrogens is 248 g/mol. The molecular formula is C10H13BrOS. The van der Waals surface area contributed by atoms with Crippen molar-refractivity contribution in [2.45, 2.75) is 17.9 Å². The predicted molar refractivity (Wildman–Crippen MR) is 61.3 cm³/mol. The van der Waals surface area contributed by atoms with Crippen LogP contribution in [0.15, 0.2) is 33.6 Å². The highest BCUT2D eigenvalue weighted by atomic mass is 79.9. The van der Waals surface area contributed by atoms with Gasteiger partial charge in [-0.15, -0.1) is 11.8 Å². The summed E-state index contributed by atoms with van der Waals surface area (Å²) in [5.74, 6) is 0.998. The Morgan fingerprint density at radius 3 is 2.54 bits per heavy atom. The molecule has 0 heterocycles. The van der Waals surface area contributed by atoms with Crippen molar-refractivity contribution >= 4 is 27.7 Å². The van der Waals surface area contributed by atoms with E-state index in [2.05, 4.69) is 47.1 Å². The van der Waals surface area contributed by atoms with E-state index in [1.54, 1.807) is 7.11 Å². The Morgan fingerprint density at radius 2 is 2.00 bits per heavy atom.